The van der Waals surface area contributed by atoms with Crippen LogP contribution in [0.2, 0.25) is 0 Å². The molecule has 3 nitrogen and oxygen atoms in total. The van der Waals surface area contributed by atoms with Crippen LogP contribution in [0.15, 0.2) is 59.7 Å². The van der Waals surface area contributed by atoms with Crippen LogP contribution >= 0.6 is 0 Å². The maximum Gasteiger partial charge on any atom is 0.119 e. The van der Waals surface area contributed by atoms with Gasteiger partial charge in [0, 0.05) is 38.4 Å². The maximum atomic E-state index is 5.23. The van der Waals surface area contributed by atoms with Gasteiger partial charge in [0.1, 0.15) is 5.75 Å². The first-order valence-electron chi connectivity index (χ1n) is 8.64. The van der Waals surface area contributed by atoms with Crippen molar-refractivity contribution in [3.05, 3.63) is 59.7 Å². The van der Waals surface area contributed by atoms with E-state index >= 15 is 0 Å². The molecule has 1 fully saturated rings. The Hall–Kier alpha value is -2.00. The predicted molar refractivity (Wildman–Crippen MR) is 104 cm³/mol. The first-order valence-corrected chi connectivity index (χ1v) is 8.64. The summed E-state index contributed by atoms with van der Waals surface area (Å²) in [6.07, 6.45) is 4.35. The van der Waals surface area contributed by atoms with E-state index in [1.165, 1.54) is 22.4 Å². The van der Waals surface area contributed by atoms with Gasteiger partial charge in [-0.3, -0.25) is 4.90 Å². The average Bonchev–Trinajstić information content (AvgIpc) is 2.62. The number of rotatable bonds is 6. The molecule has 1 aliphatic rings. The van der Waals surface area contributed by atoms with E-state index in [1.54, 1.807) is 7.11 Å². The predicted octanol–water partition coefficient (Wildman–Crippen LogP) is 4.29. The minimum absolute atomic E-state index is 0.910. The largest absolute Gasteiger partial charge is 0.497 e. The molecule has 0 atom stereocenters. The Morgan fingerprint density at radius 2 is 1.75 bits per heavy atom. The van der Waals surface area contributed by atoms with Crippen LogP contribution < -0.4 is 9.64 Å². The molecular weight excluding hydrogens is 296 g/mol. The van der Waals surface area contributed by atoms with Gasteiger partial charge >= 0.3 is 0 Å². The molecule has 3 heteroatoms. The molecule has 0 spiro atoms. The van der Waals surface area contributed by atoms with Crippen molar-refractivity contribution >= 4 is 5.69 Å². The third-order valence-electron chi connectivity index (χ3n) is 4.68. The molecule has 1 aromatic carbocycles. The van der Waals surface area contributed by atoms with E-state index in [2.05, 4.69) is 61.4 Å². The minimum atomic E-state index is 0.910. The van der Waals surface area contributed by atoms with Crippen LogP contribution in [0.3, 0.4) is 0 Å². The lowest BCUT2D eigenvalue weighted by Gasteiger charge is -2.36. The van der Waals surface area contributed by atoms with Gasteiger partial charge in [0.15, 0.2) is 0 Å². The summed E-state index contributed by atoms with van der Waals surface area (Å²) in [5.74, 6) is 0.910. The second kappa shape index (κ2) is 8.74. The van der Waals surface area contributed by atoms with Crippen LogP contribution in [-0.4, -0.2) is 44.7 Å². The number of ether oxygens (including phenoxy) is 1. The van der Waals surface area contributed by atoms with Crippen molar-refractivity contribution in [1.29, 1.82) is 0 Å². The van der Waals surface area contributed by atoms with Gasteiger partial charge in [0.25, 0.3) is 0 Å². The summed E-state index contributed by atoms with van der Waals surface area (Å²) in [7, 11) is 1.70. The molecule has 0 aliphatic carbocycles. The highest BCUT2D eigenvalue weighted by Crippen LogP contribution is 2.21. The van der Waals surface area contributed by atoms with Crippen LogP contribution in [0.5, 0.6) is 5.75 Å². The summed E-state index contributed by atoms with van der Waals surface area (Å²) in [4.78, 5) is 4.93. The molecule has 0 amide bonds. The first-order chi connectivity index (χ1) is 11.5. The van der Waals surface area contributed by atoms with Crippen molar-refractivity contribution in [2.45, 2.75) is 20.8 Å². The summed E-state index contributed by atoms with van der Waals surface area (Å²) in [5.41, 5.74) is 5.06. The number of anilines is 1. The Morgan fingerprint density at radius 1 is 1.12 bits per heavy atom. The second-order valence-corrected chi connectivity index (χ2v) is 6.42. The van der Waals surface area contributed by atoms with E-state index < -0.39 is 0 Å². The number of allylic oxidation sites excluding steroid dienone is 3. The average molecular weight is 326 g/mol. The number of hydrogen-bond donors (Lipinski definition) is 0. The van der Waals surface area contributed by atoms with Crippen molar-refractivity contribution in [1.82, 2.24) is 4.90 Å². The molecule has 130 valence electrons. The fourth-order valence-electron chi connectivity index (χ4n) is 2.88. The van der Waals surface area contributed by atoms with Crippen molar-refractivity contribution in [2.24, 2.45) is 0 Å². The Bertz CT molecular complexity index is 605. The van der Waals surface area contributed by atoms with Gasteiger partial charge in [-0.25, -0.2) is 0 Å². The summed E-state index contributed by atoms with van der Waals surface area (Å²) in [6.45, 7) is 15.8. The van der Waals surface area contributed by atoms with E-state index in [0.717, 1.165) is 38.5 Å². The topological polar surface area (TPSA) is 15.7 Å². The lowest BCUT2D eigenvalue weighted by Crippen LogP contribution is -2.46. The van der Waals surface area contributed by atoms with Gasteiger partial charge < -0.3 is 9.64 Å². The highest BCUT2D eigenvalue weighted by Gasteiger charge is 2.17. The third kappa shape index (κ3) is 5.00. The van der Waals surface area contributed by atoms with Gasteiger partial charge in [0.2, 0.25) is 0 Å². The van der Waals surface area contributed by atoms with Gasteiger partial charge in [-0.15, -0.1) is 0 Å². The van der Waals surface area contributed by atoms with Crippen LogP contribution in [0.25, 0.3) is 0 Å². The molecule has 0 bridgehead atoms. The number of benzene rings is 1. The van der Waals surface area contributed by atoms with Crippen LogP contribution in [0.4, 0.5) is 5.69 Å². The van der Waals surface area contributed by atoms with E-state index in [9.17, 15) is 0 Å². The zero-order valence-corrected chi connectivity index (χ0v) is 15.5. The smallest absolute Gasteiger partial charge is 0.119 e. The van der Waals surface area contributed by atoms with Gasteiger partial charge in [0.05, 0.1) is 7.11 Å². The summed E-state index contributed by atoms with van der Waals surface area (Å²) in [6, 6.07) is 8.34. The van der Waals surface area contributed by atoms with Crippen LogP contribution in [0, 0.1) is 0 Å². The Labute approximate surface area is 146 Å². The van der Waals surface area contributed by atoms with E-state index in [-0.39, 0.29) is 0 Å². The Balaban J connectivity index is 1.86. The zero-order valence-electron chi connectivity index (χ0n) is 15.5. The Kier molecular flexibility index (Phi) is 6.68. The molecule has 1 aliphatic heterocycles. The SMILES string of the molecule is C=C(CN1CCN(c2ccc(OC)cc2)CC1)/C(C)=C\C(C)=C/C. The molecule has 0 N–H and O–H groups in total. The number of methoxy groups -OCH3 is 1. The fraction of sp³-hybridized carbons (Fsp3) is 0.429. The van der Waals surface area contributed by atoms with Crippen molar-refractivity contribution < 1.29 is 4.74 Å². The zero-order chi connectivity index (χ0) is 17.5. The minimum Gasteiger partial charge on any atom is -0.497 e. The summed E-state index contributed by atoms with van der Waals surface area (Å²) in [5, 5.41) is 0. The first kappa shape index (κ1) is 18.3. The van der Waals surface area contributed by atoms with Crippen LogP contribution in [0.1, 0.15) is 20.8 Å². The summed E-state index contributed by atoms with van der Waals surface area (Å²) >= 11 is 0. The lowest BCUT2D eigenvalue weighted by molar-refractivity contribution is 0.279. The van der Waals surface area contributed by atoms with E-state index in [0.29, 0.717) is 0 Å². The van der Waals surface area contributed by atoms with Gasteiger partial charge in [-0.2, -0.15) is 0 Å². The molecule has 0 aromatic heterocycles. The highest BCUT2D eigenvalue weighted by molar-refractivity contribution is 5.49. The van der Waals surface area contributed by atoms with Crippen molar-refractivity contribution in [3.63, 3.8) is 0 Å². The normalized spacial score (nSPS) is 17.1. The van der Waals surface area contributed by atoms with Crippen LogP contribution in [-0.2, 0) is 0 Å². The standard InChI is InChI=1S/C21H30N2O/c1-6-17(2)15-18(3)19(4)16-22-11-13-23(14-12-22)20-7-9-21(24-5)10-8-20/h6-10,15H,4,11-14,16H2,1-3,5H3/b17-6-,18-15-. The van der Waals surface area contributed by atoms with E-state index in [4.69, 9.17) is 4.74 Å². The molecule has 0 unspecified atom stereocenters. The van der Waals surface area contributed by atoms with Crippen molar-refractivity contribution in [2.75, 3.05) is 44.7 Å². The molecule has 1 aromatic rings. The molecule has 0 radical (unpaired) electrons. The highest BCUT2D eigenvalue weighted by atomic mass is 16.5. The molecule has 2 rings (SSSR count). The van der Waals surface area contributed by atoms with Crippen molar-refractivity contribution in [3.8, 4) is 5.75 Å². The number of nitrogens with zero attached hydrogens (tertiary/aromatic N) is 2. The molecule has 0 saturated carbocycles. The van der Waals surface area contributed by atoms with Gasteiger partial charge in [-0.05, 0) is 56.2 Å². The Morgan fingerprint density at radius 3 is 2.29 bits per heavy atom. The maximum absolute atomic E-state index is 5.23. The summed E-state index contributed by atoms with van der Waals surface area (Å²) < 4.78 is 5.23. The van der Waals surface area contributed by atoms with E-state index in [1.807, 2.05) is 12.1 Å². The number of hydrogen-bond acceptors (Lipinski definition) is 3. The lowest BCUT2D eigenvalue weighted by atomic mass is 10.1. The fourth-order valence-corrected chi connectivity index (χ4v) is 2.88. The monoisotopic (exact) mass is 326 g/mol. The second-order valence-electron chi connectivity index (χ2n) is 6.42. The number of piperazine rings is 1. The van der Waals surface area contributed by atoms with Gasteiger partial charge in [-0.1, -0.05) is 24.3 Å². The molecule has 1 heterocycles. The quantitative estimate of drug-likeness (QED) is 0.726. The third-order valence-corrected chi connectivity index (χ3v) is 4.68. The molecular formula is C21H30N2O. The molecule has 24 heavy (non-hydrogen) atoms. The molecule has 1 saturated heterocycles.